The maximum Gasteiger partial charge on any atom is 0.328 e. The van der Waals surface area contributed by atoms with E-state index < -0.39 is 24.5 Å². The second-order valence-electron chi connectivity index (χ2n) is 10.9. The maximum atomic E-state index is 12.4. The van der Waals surface area contributed by atoms with Crippen molar-refractivity contribution in [1.29, 1.82) is 0 Å². The average Bonchev–Trinajstić information content (AvgIpc) is 2.95. The van der Waals surface area contributed by atoms with Gasteiger partial charge in [-0.15, -0.1) is 0 Å². The molecule has 0 bridgehead atoms. The van der Waals surface area contributed by atoms with Gasteiger partial charge in [-0.1, -0.05) is 103 Å². The van der Waals surface area contributed by atoms with Crippen LogP contribution in [-0.4, -0.2) is 59.3 Å². The number of aliphatic hydroxyl groups excluding tert-OH is 1. The molecule has 238 valence electrons. The summed E-state index contributed by atoms with van der Waals surface area (Å²) >= 11 is 0. The zero-order valence-electron chi connectivity index (χ0n) is 25.8. The number of amides is 2. The van der Waals surface area contributed by atoms with Gasteiger partial charge >= 0.3 is 11.9 Å². The average molecular weight is 583 g/mol. The summed E-state index contributed by atoms with van der Waals surface area (Å²) in [5.74, 6) is -2.41. The molecule has 2 amide bonds. The van der Waals surface area contributed by atoms with Crippen LogP contribution in [0.3, 0.4) is 0 Å². The Bertz CT molecular complexity index is 727. The Morgan fingerprint density at radius 2 is 1.29 bits per heavy atom. The first kappa shape index (κ1) is 38.6. The predicted molar refractivity (Wildman–Crippen MR) is 162 cm³/mol. The Morgan fingerprint density at radius 3 is 1.88 bits per heavy atom. The van der Waals surface area contributed by atoms with E-state index in [-0.39, 0.29) is 30.9 Å². The van der Waals surface area contributed by atoms with E-state index in [9.17, 15) is 19.2 Å². The van der Waals surface area contributed by atoms with Crippen molar-refractivity contribution in [1.82, 2.24) is 10.6 Å². The van der Waals surface area contributed by atoms with Crippen molar-refractivity contribution < 1.29 is 34.1 Å². The molecule has 0 aromatic carbocycles. The molecule has 2 unspecified atom stereocenters. The molecule has 0 aliphatic carbocycles. The molecule has 0 aromatic heterocycles. The van der Waals surface area contributed by atoms with Gasteiger partial charge in [0.05, 0.1) is 13.2 Å². The number of hydrogen-bond acceptors (Lipinski definition) is 6. The topological polar surface area (TPSA) is 142 Å². The van der Waals surface area contributed by atoms with Crippen LogP contribution in [0.25, 0.3) is 0 Å². The normalized spacial score (nSPS) is 12.7. The molecule has 0 aromatic rings. The third-order valence-corrected chi connectivity index (χ3v) is 7.00. The van der Waals surface area contributed by atoms with Crippen molar-refractivity contribution in [3.8, 4) is 0 Å². The van der Waals surface area contributed by atoms with E-state index in [1.807, 2.05) is 6.08 Å². The number of carboxylic acid groups (broad SMARTS) is 1. The van der Waals surface area contributed by atoms with Gasteiger partial charge in [-0.3, -0.25) is 14.4 Å². The summed E-state index contributed by atoms with van der Waals surface area (Å²) < 4.78 is 5.78. The van der Waals surface area contributed by atoms with E-state index in [0.717, 1.165) is 57.8 Å². The lowest BCUT2D eigenvalue weighted by molar-refractivity contribution is -0.147. The predicted octanol–water partition coefficient (Wildman–Crippen LogP) is 5.97. The summed E-state index contributed by atoms with van der Waals surface area (Å²) in [6, 6.07) is -1.39. The van der Waals surface area contributed by atoms with Crippen LogP contribution < -0.4 is 10.6 Å². The smallest absolute Gasteiger partial charge is 0.328 e. The van der Waals surface area contributed by atoms with E-state index in [1.54, 1.807) is 0 Å². The molecule has 0 saturated heterocycles. The highest BCUT2D eigenvalue weighted by Gasteiger charge is 2.18. The fourth-order valence-electron chi connectivity index (χ4n) is 4.43. The number of carboxylic acids is 1. The van der Waals surface area contributed by atoms with Crippen molar-refractivity contribution in [2.24, 2.45) is 0 Å². The molecule has 9 nitrogen and oxygen atoms in total. The maximum absolute atomic E-state index is 12.4. The highest BCUT2D eigenvalue weighted by Crippen LogP contribution is 2.15. The number of carbonyl (C=O) groups excluding carboxylic acids is 3. The van der Waals surface area contributed by atoms with E-state index in [2.05, 4.69) is 30.6 Å². The van der Waals surface area contributed by atoms with Gasteiger partial charge in [0.25, 0.3) is 0 Å². The van der Waals surface area contributed by atoms with Crippen LogP contribution in [-0.2, 0) is 23.9 Å². The molecule has 0 spiro atoms. The molecule has 2 atom stereocenters. The van der Waals surface area contributed by atoms with Crippen molar-refractivity contribution in [2.45, 2.75) is 154 Å². The summed E-state index contributed by atoms with van der Waals surface area (Å²) in [6.45, 7) is 3.34. The number of aliphatic carboxylic acids is 1. The zero-order valence-corrected chi connectivity index (χ0v) is 25.8. The Kier molecular flexibility index (Phi) is 26.1. The van der Waals surface area contributed by atoms with E-state index in [1.165, 1.54) is 51.4 Å². The largest absolute Gasteiger partial charge is 0.480 e. The van der Waals surface area contributed by atoms with Crippen LogP contribution in [0.5, 0.6) is 0 Å². The summed E-state index contributed by atoms with van der Waals surface area (Å²) in [5, 5.41) is 22.4. The second kappa shape index (κ2) is 27.7. The zero-order chi connectivity index (χ0) is 30.6. The third kappa shape index (κ3) is 25.0. The number of carbonyl (C=O) groups is 4. The summed E-state index contributed by atoms with van der Waals surface area (Å²) in [6.07, 6.45) is 24.2. The summed E-state index contributed by atoms with van der Waals surface area (Å²) in [4.78, 5) is 46.9. The van der Waals surface area contributed by atoms with E-state index in [4.69, 9.17) is 14.9 Å². The number of nitrogens with one attached hydrogen (secondary N) is 2. The highest BCUT2D eigenvalue weighted by molar-refractivity contribution is 5.87. The van der Waals surface area contributed by atoms with Gasteiger partial charge < -0.3 is 25.6 Å². The van der Waals surface area contributed by atoms with Crippen molar-refractivity contribution in [3.05, 3.63) is 12.2 Å². The number of rotatable bonds is 28. The molecule has 0 fully saturated rings. The lowest BCUT2D eigenvalue weighted by Crippen LogP contribution is -2.47. The number of esters is 1. The molecule has 0 aliphatic heterocycles. The van der Waals surface area contributed by atoms with Gasteiger partial charge in [0, 0.05) is 12.8 Å². The lowest BCUT2D eigenvalue weighted by atomic mass is 10.1. The Hall–Kier alpha value is -2.42. The fourth-order valence-corrected chi connectivity index (χ4v) is 4.43. The molecule has 0 heterocycles. The molecule has 0 saturated carbocycles. The quantitative estimate of drug-likeness (QED) is 0.0505. The van der Waals surface area contributed by atoms with Crippen LogP contribution in [0.2, 0.25) is 0 Å². The molecule has 4 N–H and O–H groups in total. The van der Waals surface area contributed by atoms with Gasteiger partial charge in [-0.05, 0) is 38.2 Å². The molecule has 9 heteroatoms. The van der Waals surface area contributed by atoms with Gasteiger partial charge in [0.15, 0.2) is 0 Å². The molecular weight excluding hydrogens is 524 g/mol. The number of ether oxygens (including phenoxy) is 1. The Morgan fingerprint density at radius 1 is 0.732 bits per heavy atom. The molecule has 0 radical (unpaired) electrons. The van der Waals surface area contributed by atoms with Crippen LogP contribution in [0.15, 0.2) is 12.2 Å². The third-order valence-electron chi connectivity index (χ3n) is 7.00. The highest BCUT2D eigenvalue weighted by atomic mass is 16.5. The van der Waals surface area contributed by atoms with Gasteiger partial charge in [-0.25, -0.2) is 4.79 Å². The number of hydrogen-bond donors (Lipinski definition) is 4. The van der Waals surface area contributed by atoms with E-state index in [0.29, 0.717) is 12.8 Å². The Labute approximate surface area is 248 Å². The first-order chi connectivity index (χ1) is 19.8. The van der Waals surface area contributed by atoms with Crippen LogP contribution in [0, 0.1) is 0 Å². The van der Waals surface area contributed by atoms with Gasteiger partial charge in [0.2, 0.25) is 11.8 Å². The fraction of sp³-hybridized carbons (Fsp3) is 0.812. The molecule has 41 heavy (non-hydrogen) atoms. The number of unbranched alkanes of at least 4 members (excludes halogenated alkanes) is 14. The number of allylic oxidation sites excluding steroid dienone is 1. The summed E-state index contributed by atoms with van der Waals surface area (Å²) in [7, 11) is 0. The number of aliphatic hydroxyl groups is 1. The van der Waals surface area contributed by atoms with Crippen molar-refractivity contribution in [3.63, 3.8) is 0 Å². The SMILES string of the molecule is CCCC/C=C\C(CCCCCCC(=O)NCC(=O)NC(CO)C(=O)O)OC(=O)CCCCCCCCCCCC. The standard InChI is InChI=1S/C32H58N2O7/c1-3-5-7-9-10-11-12-13-14-20-24-31(38)41-27(21-17-8-6-4-2)22-18-15-16-19-23-29(36)33-25-30(37)34-28(26-35)32(39)40/h17,21,27-28,35H,3-16,18-20,22-26H2,1-2H3,(H,33,36)(H,34,37)(H,39,40)/b21-17-. The summed E-state index contributed by atoms with van der Waals surface area (Å²) in [5.41, 5.74) is 0. The van der Waals surface area contributed by atoms with Crippen LogP contribution in [0.1, 0.15) is 142 Å². The van der Waals surface area contributed by atoms with Crippen molar-refractivity contribution in [2.75, 3.05) is 13.2 Å². The van der Waals surface area contributed by atoms with Gasteiger partial charge in [-0.2, -0.15) is 0 Å². The molecule has 0 rings (SSSR count). The minimum absolute atomic E-state index is 0.121. The second-order valence-corrected chi connectivity index (χ2v) is 10.9. The molecular formula is C32H58N2O7. The minimum atomic E-state index is -1.39. The molecule has 0 aliphatic rings. The minimum Gasteiger partial charge on any atom is -0.480 e. The van der Waals surface area contributed by atoms with Gasteiger partial charge in [0.1, 0.15) is 12.1 Å². The van der Waals surface area contributed by atoms with Crippen LogP contribution >= 0.6 is 0 Å². The Balaban J connectivity index is 4.13. The monoisotopic (exact) mass is 582 g/mol. The van der Waals surface area contributed by atoms with Crippen molar-refractivity contribution >= 4 is 23.8 Å². The lowest BCUT2D eigenvalue weighted by Gasteiger charge is -2.15. The van der Waals surface area contributed by atoms with E-state index >= 15 is 0 Å². The first-order valence-electron chi connectivity index (χ1n) is 16.1. The first-order valence-corrected chi connectivity index (χ1v) is 16.1. The van der Waals surface area contributed by atoms with Crippen LogP contribution in [0.4, 0.5) is 0 Å².